The lowest BCUT2D eigenvalue weighted by Gasteiger charge is -2.17. The Balaban J connectivity index is 1.57. The number of amides is 1. The Hall–Kier alpha value is -3.02. The predicted molar refractivity (Wildman–Crippen MR) is 101 cm³/mol. The van der Waals surface area contributed by atoms with E-state index in [9.17, 15) is 4.79 Å². The smallest absolute Gasteiger partial charge is 0.231 e. The molecule has 1 N–H and O–H groups in total. The van der Waals surface area contributed by atoms with E-state index < -0.39 is 0 Å². The van der Waals surface area contributed by atoms with Crippen LogP contribution in [0.25, 0.3) is 0 Å². The lowest BCUT2D eigenvalue weighted by molar-refractivity contribution is -0.115. The molecule has 1 amide bonds. The quantitative estimate of drug-likeness (QED) is 0.768. The number of benzene rings is 1. The second-order valence-corrected chi connectivity index (χ2v) is 7.30. The van der Waals surface area contributed by atoms with E-state index in [0.717, 1.165) is 11.1 Å². The summed E-state index contributed by atoms with van der Waals surface area (Å²) in [5.74, 6) is 0.160. The zero-order valence-electron chi connectivity index (χ0n) is 15.3. The summed E-state index contributed by atoms with van der Waals surface area (Å²) < 4.78 is 1.83. The van der Waals surface area contributed by atoms with Crippen LogP contribution in [0.4, 0.5) is 5.95 Å². The first-order valence-corrected chi connectivity index (χ1v) is 8.58. The van der Waals surface area contributed by atoms with Crippen molar-refractivity contribution < 1.29 is 4.79 Å². The van der Waals surface area contributed by atoms with Crippen molar-refractivity contribution in [2.45, 2.75) is 39.2 Å². The number of hydrogen-bond donors (Lipinski definition) is 1. The molecule has 0 saturated carbocycles. The van der Waals surface area contributed by atoms with Crippen molar-refractivity contribution in [3.63, 3.8) is 0 Å². The molecule has 0 spiro atoms. The minimum atomic E-state index is -0.159. The monoisotopic (exact) mass is 349 g/mol. The number of aromatic nitrogens is 4. The minimum Gasteiger partial charge on any atom is -0.294 e. The summed E-state index contributed by atoms with van der Waals surface area (Å²) in [5.41, 5.74) is 3.02. The van der Waals surface area contributed by atoms with Gasteiger partial charge in [-0.15, -0.1) is 0 Å². The largest absolute Gasteiger partial charge is 0.294 e. The van der Waals surface area contributed by atoms with E-state index >= 15 is 0 Å². The Labute approximate surface area is 153 Å². The molecule has 0 bridgehead atoms. The molecule has 26 heavy (non-hydrogen) atoms. The first kappa shape index (κ1) is 17.8. The van der Waals surface area contributed by atoms with E-state index in [1.54, 1.807) is 18.6 Å². The molecule has 2 heterocycles. The van der Waals surface area contributed by atoms with Gasteiger partial charge in [-0.3, -0.25) is 14.8 Å². The topological polar surface area (TPSA) is 72.7 Å². The van der Waals surface area contributed by atoms with Gasteiger partial charge in [-0.25, -0.2) is 9.97 Å². The van der Waals surface area contributed by atoms with Crippen molar-refractivity contribution in [2.24, 2.45) is 0 Å². The van der Waals surface area contributed by atoms with E-state index in [4.69, 9.17) is 0 Å². The van der Waals surface area contributed by atoms with Crippen LogP contribution in [0.1, 0.15) is 37.5 Å². The predicted octanol–water partition coefficient (Wildman–Crippen LogP) is 3.20. The number of rotatable bonds is 5. The molecule has 0 saturated heterocycles. The number of nitrogens with zero attached hydrogens (tertiary/aromatic N) is 4. The van der Waals surface area contributed by atoms with Crippen LogP contribution in [-0.2, 0) is 23.2 Å². The molecular formula is C20H23N5O. The summed E-state index contributed by atoms with van der Waals surface area (Å²) in [4.78, 5) is 20.7. The molecule has 6 nitrogen and oxygen atoms in total. The zero-order chi connectivity index (χ0) is 18.6. The van der Waals surface area contributed by atoms with E-state index in [0.29, 0.717) is 12.5 Å². The zero-order valence-corrected chi connectivity index (χ0v) is 15.3. The normalized spacial score (nSPS) is 11.3. The summed E-state index contributed by atoms with van der Waals surface area (Å²) in [5, 5.41) is 7.05. The third kappa shape index (κ3) is 4.75. The third-order valence-corrected chi connectivity index (χ3v) is 4.01. The lowest BCUT2D eigenvalue weighted by atomic mass is 9.89. The molecule has 0 aliphatic rings. The van der Waals surface area contributed by atoms with Crippen molar-refractivity contribution in [3.05, 3.63) is 71.8 Å². The second-order valence-electron chi connectivity index (χ2n) is 7.30. The highest BCUT2D eigenvalue weighted by atomic mass is 16.1. The molecule has 134 valence electrons. The van der Waals surface area contributed by atoms with Gasteiger partial charge in [0.15, 0.2) is 0 Å². The van der Waals surface area contributed by atoms with Gasteiger partial charge in [0.1, 0.15) is 0 Å². The average molecular weight is 349 g/mol. The maximum Gasteiger partial charge on any atom is 0.231 e. The number of carbonyl (C=O) groups is 1. The molecule has 0 unspecified atom stereocenters. The van der Waals surface area contributed by atoms with Crippen LogP contribution in [0.5, 0.6) is 0 Å². The highest BCUT2D eigenvalue weighted by molar-refractivity contribution is 5.90. The van der Waals surface area contributed by atoms with Crippen molar-refractivity contribution in [1.29, 1.82) is 0 Å². The molecule has 1 aromatic carbocycles. The fourth-order valence-corrected chi connectivity index (χ4v) is 2.49. The average Bonchev–Trinajstić information content (AvgIpc) is 3.02. The summed E-state index contributed by atoms with van der Waals surface area (Å²) in [6.45, 7) is 6.96. The molecule has 3 rings (SSSR count). The van der Waals surface area contributed by atoms with Gasteiger partial charge in [-0.1, -0.05) is 51.1 Å². The van der Waals surface area contributed by atoms with E-state index in [2.05, 4.69) is 41.2 Å². The van der Waals surface area contributed by atoms with Gasteiger partial charge >= 0.3 is 0 Å². The molecule has 0 radical (unpaired) electrons. The van der Waals surface area contributed by atoms with Crippen LogP contribution in [-0.4, -0.2) is 25.7 Å². The van der Waals surface area contributed by atoms with Crippen LogP contribution >= 0.6 is 0 Å². The second kappa shape index (κ2) is 7.47. The SMILES string of the molecule is CC(C)(C)c1cnc(NC(=O)Cc2cnn(Cc3ccccc3)c2)nc1. The van der Waals surface area contributed by atoms with Gasteiger partial charge in [0.2, 0.25) is 11.9 Å². The van der Waals surface area contributed by atoms with Gasteiger partial charge in [-0.2, -0.15) is 5.10 Å². The number of carbonyl (C=O) groups excluding carboxylic acids is 1. The summed E-state index contributed by atoms with van der Waals surface area (Å²) in [6.07, 6.45) is 7.34. The van der Waals surface area contributed by atoms with Crippen LogP contribution in [0.3, 0.4) is 0 Å². The van der Waals surface area contributed by atoms with Crippen LogP contribution < -0.4 is 5.32 Å². The van der Waals surface area contributed by atoms with E-state index in [-0.39, 0.29) is 17.7 Å². The molecule has 0 aliphatic carbocycles. The molecule has 0 atom stereocenters. The fourth-order valence-electron chi connectivity index (χ4n) is 2.49. The molecular weight excluding hydrogens is 326 g/mol. The first-order valence-electron chi connectivity index (χ1n) is 8.58. The van der Waals surface area contributed by atoms with Gasteiger partial charge in [0, 0.05) is 18.6 Å². The number of nitrogens with one attached hydrogen (secondary N) is 1. The Morgan fingerprint density at radius 2 is 1.73 bits per heavy atom. The van der Waals surface area contributed by atoms with E-state index in [1.807, 2.05) is 41.2 Å². The third-order valence-electron chi connectivity index (χ3n) is 4.01. The molecule has 6 heteroatoms. The minimum absolute atomic E-state index is 0.0180. The van der Waals surface area contributed by atoms with Gasteiger partial charge in [-0.05, 0) is 22.1 Å². The van der Waals surface area contributed by atoms with Crippen LogP contribution in [0.15, 0.2) is 55.1 Å². The van der Waals surface area contributed by atoms with Crippen LogP contribution in [0.2, 0.25) is 0 Å². The maximum atomic E-state index is 12.2. The summed E-state index contributed by atoms with van der Waals surface area (Å²) in [7, 11) is 0. The van der Waals surface area contributed by atoms with Crippen molar-refractivity contribution in [1.82, 2.24) is 19.7 Å². The molecule has 3 aromatic rings. The van der Waals surface area contributed by atoms with Gasteiger partial charge in [0.05, 0.1) is 19.2 Å². The lowest BCUT2D eigenvalue weighted by Crippen LogP contribution is -2.17. The first-order chi connectivity index (χ1) is 12.4. The molecule has 2 aromatic heterocycles. The molecule has 0 fully saturated rings. The highest BCUT2D eigenvalue weighted by Crippen LogP contribution is 2.20. The maximum absolute atomic E-state index is 12.2. The van der Waals surface area contributed by atoms with Crippen molar-refractivity contribution >= 4 is 11.9 Å². The fraction of sp³-hybridized carbons (Fsp3) is 0.300. The summed E-state index contributed by atoms with van der Waals surface area (Å²) in [6, 6.07) is 10.1. The Bertz CT molecular complexity index is 863. The van der Waals surface area contributed by atoms with Crippen molar-refractivity contribution in [2.75, 3.05) is 5.32 Å². The van der Waals surface area contributed by atoms with Gasteiger partial charge < -0.3 is 0 Å². The standard InChI is InChI=1S/C20H23N5O/c1-20(2,3)17-11-21-19(22-12-17)24-18(26)9-16-10-23-25(14-16)13-15-7-5-4-6-8-15/h4-8,10-12,14H,9,13H2,1-3H3,(H,21,22,24,26). The Kier molecular flexibility index (Phi) is 5.11. The van der Waals surface area contributed by atoms with E-state index in [1.165, 1.54) is 5.56 Å². The Morgan fingerprint density at radius 1 is 1.04 bits per heavy atom. The molecule has 0 aliphatic heterocycles. The van der Waals surface area contributed by atoms with Crippen molar-refractivity contribution in [3.8, 4) is 0 Å². The number of anilines is 1. The van der Waals surface area contributed by atoms with Crippen LogP contribution in [0, 0.1) is 0 Å². The summed E-state index contributed by atoms with van der Waals surface area (Å²) >= 11 is 0. The number of hydrogen-bond acceptors (Lipinski definition) is 4. The van der Waals surface area contributed by atoms with Gasteiger partial charge in [0.25, 0.3) is 0 Å². The Morgan fingerprint density at radius 3 is 2.38 bits per heavy atom. The highest BCUT2D eigenvalue weighted by Gasteiger charge is 2.15.